The summed E-state index contributed by atoms with van der Waals surface area (Å²) in [5.41, 5.74) is 14.3. The number of nitrogens with two attached hydrogens (primary N) is 2. The van der Waals surface area contributed by atoms with E-state index in [9.17, 15) is 19.2 Å². The van der Waals surface area contributed by atoms with Gasteiger partial charge in [-0.15, -0.1) is 0 Å². The van der Waals surface area contributed by atoms with Gasteiger partial charge in [-0.1, -0.05) is 42.1 Å². The molecule has 0 spiro atoms. The Morgan fingerprint density at radius 2 is 1.86 bits per heavy atom. The molecule has 7 N–H and O–H groups in total. The number of carbonyl (C=O) groups is 4. The van der Waals surface area contributed by atoms with Crippen molar-refractivity contribution >= 4 is 40.8 Å². The highest BCUT2D eigenvalue weighted by Crippen LogP contribution is 2.11. The van der Waals surface area contributed by atoms with Crippen molar-refractivity contribution in [1.29, 1.82) is 0 Å². The second-order valence-corrected chi connectivity index (χ2v) is 6.91. The Morgan fingerprint density at radius 3 is 2.48 bits per heavy atom. The minimum absolute atomic E-state index is 0.0387. The Kier molecular flexibility index (Phi) is 11.2. The number of hydrazone groups is 1. The fourth-order valence-electron chi connectivity index (χ4n) is 2.11. The molecular weight excluding hydrogens is 396 g/mol. The largest absolute Gasteiger partial charge is 0.346 e. The Bertz CT molecular complexity index is 728. The van der Waals surface area contributed by atoms with E-state index in [2.05, 4.69) is 21.2 Å². The summed E-state index contributed by atoms with van der Waals surface area (Å²) in [4.78, 5) is 47.6. The number of hydrogen-bond donors (Lipinski definition) is 5. The van der Waals surface area contributed by atoms with Gasteiger partial charge in [-0.05, 0) is 18.9 Å². The first-order valence-electron chi connectivity index (χ1n) is 8.87. The van der Waals surface area contributed by atoms with Crippen LogP contribution in [0.4, 0.5) is 0 Å². The molecule has 0 saturated heterocycles. The maximum Gasteiger partial charge on any atom is 0.263 e. The molecule has 0 bridgehead atoms. The number of amides is 3. The van der Waals surface area contributed by atoms with Crippen LogP contribution in [0.15, 0.2) is 35.4 Å². The Morgan fingerprint density at radius 1 is 1.17 bits per heavy atom. The molecule has 0 aliphatic carbocycles. The van der Waals surface area contributed by atoms with Crippen molar-refractivity contribution in [3.8, 4) is 0 Å². The number of hydrogen-bond acceptors (Lipinski definition) is 8. The van der Waals surface area contributed by atoms with Crippen LogP contribution in [0.5, 0.6) is 0 Å². The van der Waals surface area contributed by atoms with Crippen LogP contribution in [-0.4, -0.2) is 60.0 Å². The second-order valence-electron chi connectivity index (χ2n) is 5.89. The van der Waals surface area contributed by atoms with Gasteiger partial charge in [0.15, 0.2) is 0 Å². The molecule has 0 unspecified atom stereocenters. The van der Waals surface area contributed by atoms with Crippen molar-refractivity contribution in [3.05, 3.63) is 35.9 Å². The van der Waals surface area contributed by atoms with E-state index in [0.717, 1.165) is 17.3 Å². The summed E-state index contributed by atoms with van der Waals surface area (Å²) < 4.78 is 0. The third-order valence-corrected chi connectivity index (χ3v) is 4.67. The first kappa shape index (κ1) is 24.3. The molecule has 1 aromatic carbocycles. The van der Waals surface area contributed by atoms with Crippen LogP contribution in [0.2, 0.25) is 0 Å². The standard InChI is InChI=1S/C18H26N6O4S/c1-2-22-24-17(27)14(23-16(26)10-21-15(25)9-19)11-29-18(28)13(20)8-12-6-4-3-5-7-12/h2-7,13-14H,8-11,19-20H2,1H3,(H,21,25)(H,23,26)(H,24,27)/b22-2+/t13-,14-/m0/s1. The van der Waals surface area contributed by atoms with E-state index in [0.29, 0.717) is 6.42 Å². The average Bonchev–Trinajstić information content (AvgIpc) is 2.73. The monoisotopic (exact) mass is 422 g/mol. The average molecular weight is 423 g/mol. The number of carbonyl (C=O) groups excluding carboxylic acids is 4. The van der Waals surface area contributed by atoms with Gasteiger partial charge in [0.25, 0.3) is 5.91 Å². The van der Waals surface area contributed by atoms with Gasteiger partial charge in [0, 0.05) is 12.0 Å². The van der Waals surface area contributed by atoms with Crippen LogP contribution in [0, 0.1) is 0 Å². The van der Waals surface area contributed by atoms with E-state index in [1.165, 1.54) is 6.21 Å². The van der Waals surface area contributed by atoms with E-state index in [4.69, 9.17) is 11.5 Å². The maximum absolute atomic E-state index is 12.3. The van der Waals surface area contributed by atoms with Gasteiger partial charge in [0.2, 0.25) is 16.9 Å². The van der Waals surface area contributed by atoms with Crippen molar-refractivity contribution in [3.63, 3.8) is 0 Å². The maximum atomic E-state index is 12.3. The number of thioether (sulfide) groups is 1. The highest BCUT2D eigenvalue weighted by Gasteiger charge is 2.24. The van der Waals surface area contributed by atoms with Crippen LogP contribution in [-0.2, 0) is 25.6 Å². The summed E-state index contributed by atoms with van der Waals surface area (Å²) in [6.45, 7) is 1.01. The lowest BCUT2D eigenvalue weighted by Crippen LogP contribution is -2.50. The summed E-state index contributed by atoms with van der Waals surface area (Å²) >= 11 is 0.846. The van der Waals surface area contributed by atoms with Crippen LogP contribution < -0.4 is 27.5 Å². The van der Waals surface area contributed by atoms with Crippen molar-refractivity contribution in [2.45, 2.75) is 25.4 Å². The minimum atomic E-state index is -1.04. The lowest BCUT2D eigenvalue weighted by molar-refractivity contribution is -0.129. The van der Waals surface area contributed by atoms with Gasteiger partial charge in [0.05, 0.1) is 19.1 Å². The Labute approximate surface area is 173 Å². The van der Waals surface area contributed by atoms with Crippen molar-refractivity contribution in [1.82, 2.24) is 16.1 Å². The fraction of sp³-hybridized carbons (Fsp3) is 0.389. The molecule has 0 heterocycles. The molecule has 1 aromatic rings. The van der Waals surface area contributed by atoms with E-state index in [1.54, 1.807) is 6.92 Å². The summed E-state index contributed by atoms with van der Waals surface area (Å²) in [5, 5.41) is 8.07. The molecule has 0 aliphatic heterocycles. The number of rotatable bonds is 11. The zero-order valence-electron chi connectivity index (χ0n) is 16.1. The third kappa shape index (κ3) is 9.83. The molecule has 10 nitrogen and oxygen atoms in total. The topological polar surface area (TPSA) is 169 Å². The zero-order chi connectivity index (χ0) is 21.6. The van der Waals surface area contributed by atoms with Crippen molar-refractivity contribution < 1.29 is 19.2 Å². The summed E-state index contributed by atoms with van der Waals surface area (Å²) in [5.74, 6) is -1.75. The van der Waals surface area contributed by atoms with Gasteiger partial charge in [-0.3, -0.25) is 19.2 Å². The molecule has 0 saturated carbocycles. The van der Waals surface area contributed by atoms with Crippen LogP contribution in [0.3, 0.4) is 0 Å². The lowest BCUT2D eigenvalue weighted by atomic mass is 10.1. The lowest BCUT2D eigenvalue weighted by Gasteiger charge is -2.18. The van der Waals surface area contributed by atoms with E-state index >= 15 is 0 Å². The normalized spacial score (nSPS) is 12.8. The predicted molar refractivity (Wildman–Crippen MR) is 112 cm³/mol. The first-order chi connectivity index (χ1) is 13.9. The zero-order valence-corrected chi connectivity index (χ0v) is 16.9. The molecule has 0 aliphatic rings. The molecule has 0 radical (unpaired) electrons. The molecule has 29 heavy (non-hydrogen) atoms. The van der Waals surface area contributed by atoms with Gasteiger partial charge in [0.1, 0.15) is 6.04 Å². The smallest absolute Gasteiger partial charge is 0.263 e. The summed E-state index contributed by atoms with van der Waals surface area (Å²) in [6, 6.07) is 7.52. The molecule has 3 amide bonds. The first-order valence-corrected chi connectivity index (χ1v) is 9.85. The second kappa shape index (κ2) is 13.4. The Balaban J connectivity index is 2.63. The molecule has 1 rings (SSSR count). The van der Waals surface area contributed by atoms with E-state index in [1.807, 2.05) is 30.3 Å². The van der Waals surface area contributed by atoms with Gasteiger partial charge < -0.3 is 22.1 Å². The molecule has 0 aromatic heterocycles. The summed E-state index contributed by atoms with van der Waals surface area (Å²) in [6.07, 6.45) is 1.73. The van der Waals surface area contributed by atoms with Crippen molar-refractivity contribution in [2.75, 3.05) is 18.8 Å². The van der Waals surface area contributed by atoms with Crippen LogP contribution >= 0.6 is 11.8 Å². The summed E-state index contributed by atoms with van der Waals surface area (Å²) in [7, 11) is 0. The quantitative estimate of drug-likeness (QED) is 0.213. The number of nitrogens with one attached hydrogen (secondary N) is 3. The Hall–Kier alpha value is -2.76. The molecule has 11 heteroatoms. The number of nitrogens with zero attached hydrogens (tertiary/aromatic N) is 1. The SMILES string of the molecule is C/C=N/NC(=O)[C@H](CSC(=O)[C@@H](N)Cc1ccccc1)NC(=O)CNC(=O)CN. The van der Waals surface area contributed by atoms with Gasteiger partial charge in [-0.25, -0.2) is 5.43 Å². The fourth-order valence-corrected chi connectivity index (χ4v) is 2.97. The highest BCUT2D eigenvalue weighted by molar-refractivity contribution is 8.13. The number of benzene rings is 1. The molecule has 2 atom stereocenters. The van der Waals surface area contributed by atoms with E-state index in [-0.39, 0.29) is 24.0 Å². The van der Waals surface area contributed by atoms with Gasteiger partial charge >= 0.3 is 0 Å². The van der Waals surface area contributed by atoms with Gasteiger partial charge in [-0.2, -0.15) is 5.10 Å². The highest BCUT2D eigenvalue weighted by atomic mass is 32.2. The van der Waals surface area contributed by atoms with E-state index < -0.39 is 29.8 Å². The molecular formula is C18H26N6O4S. The van der Waals surface area contributed by atoms with Crippen molar-refractivity contribution in [2.24, 2.45) is 16.6 Å². The third-order valence-electron chi connectivity index (χ3n) is 3.58. The van der Waals surface area contributed by atoms with Crippen LogP contribution in [0.25, 0.3) is 0 Å². The predicted octanol–water partition coefficient (Wildman–Crippen LogP) is -1.50. The molecule has 158 valence electrons. The van der Waals surface area contributed by atoms with Crippen LogP contribution in [0.1, 0.15) is 12.5 Å². The molecule has 0 fully saturated rings. The minimum Gasteiger partial charge on any atom is -0.346 e.